The Labute approximate surface area is 82.9 Å². The van der Waals surface area contributed by atoms with Gasteiger partial charge in [0, 0.05) is 0 Å². The highest BCUT2D eigenvalue weighted by Crippen LogP contribution is 2.19. The number of rotatable bonds is 2. The van der Waals surface area contributed by atoms with E-state index >= 15 is 0 Å². The Morgan fingerprint density at radius 1 is 1.40 bits per heavy atom. The molecule has 0 saturated heterocycles. The van der Waals surface area contributed by atoms with Gasteiger partial charge in [0.15, 0.2) is 4.90 Å². The third-order valence-corrected chi connectivity index (χ3v) is 2.55. The molecule has 0 fully saturated rings. The summed E-state index contributed by atoms with van der Waals surface area (Å²) >= 11 is 0. The van der Waals surface area contributed by atoms with Crippen molar-refractivity contribution in [3.05, 3.63) is 22.1 Å². The van der Waals surface area contributed by atoms with E-state index in [9.17, 15) is 22.0 Å². The van der Waals surface area contributed by atoms with Crippen molar-refractivity contribution in [1.29, 1.82) is 0 Å². The number of anilines is 1. The van der Waals surface area contributed by atoms with Crippen molar-refractivity contribution in [2.75, 3.05) is 5.73 Å². The van der Waals surface area contributed by atoms with Gasteiger partial charge in [-0.05, 0) is 6.07 Å². The molecule has 0 spiro atoms. The Morgan fingerprint density at radius 2 is 1.93 bits per heavy atom. The Morgan fingerprint density at radius 3 is 2.27 bits per heavy atom. The van der Waals surface area contributed by atoms with E-state index in [1.165, 1.54) is 0 Å². The molecule has 1 aromatic rings. The summed E-state index contributed by atoms with van der Waals surface area (Å²) in [6, 6.07) is 0.659. The zero-order valence-electron chi connectivity index (χ0n) is 7.20. The molecule has 5 N–H and O–H groups in total. The van der Waals surface area contributed by atoms with Gasteiger partial charge in [0.05, 0.1) is 11.4 Å². The third kappa shape index (κ3) is 2.30. The van der Waals surface area contributed by atoms with Crippen LogP contribution in [0.5, 0.6) is 0 Å². The molecule has 0 radical (unpaired) electrons. The number of aromatic nitrogens is 1. The molecular formula is C6H7F2N3O3S. The summed E-state index contributed by atoms with van der Waals surface area (Å²) in [5.74, 6) is 0. The number of pyridine rings is 1. The highest BCUT2D eigenvalue weighted by molar-refractivity contribution is 7.89. The number of H-pyrrole nitrogens is 1. The Bertz CT molecular complexity index is 537. The predicted octanol–water partition coefficient (Wildman–Crippen LogP) is -0.458. The first kappa shape index (κ1) is 11.6. The molecule has 0 aliphatic rings. The molecule has 0 aliphatic heterocycles. The molecule has 9 heteroatoms. The zero-order chi connectivity index (χ0) is 11.8. The molecule has 0 bridgehead atoms. The van der Waals surface area contributed by atoms with Crippen LogP contribution < -0.4 is 16.4 Å². The van der Waals surface area contributed by atoms with Crippen LogP contribution in [0.3, 0.4) is 0 Å². The van der Waals surface area contributed by atoms with Crippen molar-refractivity contribution < 1.29 is 17.2 Å². The van der Waals surface area contributed by atoms with E-state index in [1.807, 2.05) is 0 Å². The highest BCUT2D eigenvalue weighted by Gasteiger charge is 2.20. The molecule has 84 valence electrons. The van der Waals surface area contributed by atoms with Gasteiger partial charge in [-0.1, -0.05) is 0 Å². The predicted molar refractivity (Wildman–Crippen MR) is 47.8 cm³/mol. The lowest BCUT2D eigenvalue weighted by molar-refractivity contribution is 0.145. The summed E-state index contributed by atoms with van der Waals surface area (Å²) in [5.41, 5.74) is 2.52. The molecule has 1 rings (SSSR count). The second-order valence-corrected chi connectivity index (χ2v) is 4.18. The maximum atomic E-state index is 12.1. The minimum absolute atomic E-state index is 0.600. The normalized spacial score (nSPS) is 12.0. The summed E-state index contributed by atoms with van der Waals surface area (Å²) in [6.07, 6.45) is -2.95. The Kier molecular flexibility index (Phi) is 2.77. The van der Waals surface area contributed by atoms with Gasteiger partial charge in [-0.25, -0.2) is 22.3 Å². The van der Waals surface area contributed by atoms with Crippen LogP contribution in [0.2, 0.25) is 0 Å². The van der Waals surface area contributed by atoms with E-state index in [2.05, 4.69) is 5.14 Å². The van der Waals surface area contributed by atoms with Gasteiger partial charge in [-0.2, -0.15) is 0 Å². The second-order valence-electron chi connectivity index (χ2n) is 2.68. The molecule has 0 aromatic carbocycles. The van der Waals surface area contributed by atoms with Crippen molar-refractivity contribution >= 4 is 15.7 Å². The van der Waals surface area contributed by atoms with Gasteiger partial charge in [0.2, 0.25) is 10.0 Å². The van der Waals surface area contributed by atoms with E-state index in [4.69, 9.17) is 5.73 Å². The molecule has 0 amide bonds. The van der Waals surface area contributed by atoms with Crippen LogP contribution in [0.15, 0.2) is 15.8 Å². The van der Waals surface area contributed by atoms with Gasteiger partial charge < -0.3 is 10.7 Å². The first-order chi connectivity index (χ1) is 6.73. The van der Waals surface area contributed by atoms with Crippen LogP contribution in [0.25, 0.3) is 0 Å². The lowest BCUT2D eigenvalue weighted by Gasteiger charge is -2.04. The van der Waals surface area contributed by atoms with Crippen molar-refractivity contribution in [3.63, 3.8) is 0 Å². The van der Waals surface area contributed by atoms with Crippen LogP contribution in [0.1, 0.15) is 12.1 Å². The monoisotopic (exact) mass is 239 g/mol. The van der Waals surface area contributed by atoms with Gasteiger partial charge in [0.25, 0.3) is 12.0 Å². The minimum Gasteiger partial charge on any atom is -0.397 e. The van der Waals surface area contributed by atoms with Gasteiger partial charge >= 0.3 is 0 Å². The van der Waals surface area contributed by atoms with E-state index in [0.717, 1.165) is 0 Å². The number of alkyl halides is 2. The maximum Gasteiger partial charge on any atom is 0.278 e. The van der Waals surface area contributed by atoms with E-state index in [0.29, 0.717) is 6.07 Å². The molecule has 1 heterocycles. The number of nitrogen functional groups attached to an aromatic ring is 1. The molecule has 15 heavy (non-hydrogen) atoms. The van der Waals surface area contributed by atoms with Crippen LogP contribution in [-0.2, 0) is 10.0 Å². The largest absolute Gasteiger partial charge is 0.397 e. The topological polar surface area (TPSA) is 119 Å². The average molecular weight is 239 g/mol. The molecule has 1 aromatic heterocycles. The third-order valence-electron chi connectivity index (χ3n) is 1.56. The zero-order valence-corrected chi connectivity index (χ0v) is 8.01. The minimum atomic E-state index is -4.32. The summed E-state index contributed by atoms with van der Waals surface area (Å²) < 4.78 is 46.0. The van der Waals surface area contributed by atoms with E-state index in [1.54, 1.807) is 4.98 Å². The molecule has 0 atom stereocenters. The molecule has 6 nitrogen and oxygen atoms in total. The summed E-state index contributed by atoms with van der Waals surface area (Å²) in [5, 5.41) is 4.67. The number of aromatic amines is 1. The Balaban J connectivity index is 3.56. The fourth-order valence-corrected chi connectivity index (χ4v) is 1.70. The quantitative estimate of drug-likeness (QED) is 0.647. The smallest absolute Gasteiger partial charge is 0.278 e. The molecule has 0 unspecified atom stereocenters. The number of nitrogens with two attached hydrogens (primary N) is 2. The average Bonchev–Trinajstić information content (AvgIpc) is 1.99. The first-order valence-electron chi connectivity index (χ1n) is 3.57. The number of nitrogens with one attached hydrogen (secondary N) is 1. The summed E-state index contributed by atoms with van der Waals surface area (Å²) in [7, 11) is -4.32. The van der Waals surface area contributed by atoms with Crippen LogP contribution >= 0.6 is 0 Å². The number of sulfonamides is 1. The van der Waals surface area contributed by atoms with Gasteiger partial charge in [0.1, 0.15) is 0 Å². The van der Waals surface area contributed by atoms with Crippen molar-refractivity contribution in [2.24, 2.45) is 5.14 Å². The summed E-state index contributed by atoms with van der Waals surface area (Å²) in [6.45, 7) is 0. The fraction of sp³-hybridized carbons (Fsp3) is 0.167. The fourth-order valence-electron chi connectivity index (χ4n) is 0.999. The van der Waals surface area contributed by atoms with Crippen LogP contribution in [0.4, 0.5) is 14.5 Å². The SMILES string of the molecule is Nc1cc(C(F)F)[nH]c(=O)c1S(N)(=O)=O. The van der Waals surface area contributed by atoms with Gasteiger partial charge in [-0.15, -0.1) is 0 Å². The number of hydrogen-bond donors (Lipinski definition) is 3. The van der Waals surface area contributed by atoms with E-state index in [-0.39, 0.29) is 0 Å². The maximum absolute atomic E-state index is 12.1. The lowest BCUT2D eigenvalue weighted by Crippen LogP contribution is -2.26. The number of halogens is 2. The highest BCUT2D eigenvalue weighted by atomic mass is 32.2. The van der Waals surface area contributed by atoms with Crippen molar-refractivity contribution in [1.82, 2.24) is 4.98 Å². The van der Waals surface area contributed by atoms with E-state index < -0.39 is 38.3 Å². The van der Waals surface area contributed by atoms with Crippen LogP contribution in [-0.4, -0.2) is 13.4 Å². The van der Waals surface area contributed by atoms with Crippen LogP contribution in [0, 0.1) is 0 Å². The molecular weight excluding hydrogens is 232 g/mol. The second kappa shape index (κ2) is 3.59. The van der Waals surface area contributed by atoms with Crippen molar-refractivity contribution in [2.45, 2.75) is 11.3 Å². The van der Waals surface area contributed by atoms with Crippen molar-refractivity contribution in [3.8, 4) is 0 Å². The number of primary sulfonamides is 1. The Hall–Kier alpha value is -1.48. The molecule has 0 aliphatic carbocycles. The first-order valence-corrected chi connectivity index (χ1v) is 5.11. The molecule has 0 saturated carbocycles. The van der Waals surface area contributed by atoms with Gasteiger partial charge in [-0.3, -0.25) is 4.79 Å². The standard InChI is InChI=1S/C6H7F2N3O3S/c7-5(8)3-1-2(9)4(6(12)11-3)15(10,13)14/h1,5H,(H3,9,11,12)(H2,10,13,14). The lowest BCUT2D eigenvalue weighted by atomic mass is 10.3. The number of hydrogen-bond acceptors (Lipinski definition) is 4. The summed E-state index contributed by atoms with van der Waals surface area (Å²) in [4.78, 5) is 11.9.